The Morgan fingerprint density at radius 1 is 1.30 bits per heavy atom. The summed E-state index contributed by atoms with van der Waals surface area (Å²) in [6, 6.07) is 5.53. The monoisotopic (exact) mass is 320 g/mol. The molecule has 0 bridgehead atoms. The molecular formula is C16H20N2O5. The highest BCUT2D eigenvalue weighted by Crippen LogP contribution is 2.32. The third-order valence-corrected chi connectivity index (χ3v) is 3.37. The van der Waals surface area contributed by atoms with E-state index in [0.29, 0.717) is 36.9 Å². The summed E-state index contributed by atoms with van der Waals surface area (Å²) in [4.78, 5) is 16.7. The number of benzene rings is 1. The minimum atomic E-state index is -0.292. The second-order valence-electron chi connectivity index (χ2n) is 5.23. The molecule has 0 aromatic heterocycles. The van der Waals surface area contributed by atoms with Gasteiger partial charge in [0, 0.05) is 12.2 Å². The zero-order valence-corrected chi connectivity index (χ0v) is 13.0. The molecule has 1 saturated carbocycles. The fourth-order valence-corrected chi connectivity index (χ4v) is 2.02. The van der Waals surface area contributed by atoms with Gasteiger partial charge in [-0.05, 0) is 38.0 Å². The van der Waals surface area contributed by atoms with Crippen LogP contribution >= 0.6 is 0 Å². The molecule has 2 aliphatic rings. The Kier molecular flexibility index (Phi) is 4.97. The van der Waals surface area contributed by atoms with E-state index in [9.17, 15) is 4.79 Å². The molecule has 0 saturated heterocycles. The van der Waals surface area contributed by atoms with Crippen LogP contribution in [0.15, 0.2) is 23.2 Å². The van der Waals surface area contributed by atoms with Gasteiger partial charge in [-0.15, -0.1) is 0 Å². The molecule has 1 amide bonds. The Morgan fingerprint density at radius 3 is 2.91 bits per heavy atom. The largest absolute Gasteiger partial charge is 0.463 e. The van der Waals surface area contributed by atoms with Crippen molar-refractivity contribution in [2.75, 3.05) is 26.6 Å². The number of carbonyl (C=O) groups is 1. The molecule has 0 spiro atoms. The number of hydrogen-bond donors (Lipinski definition) is 1. The summed E-state index contributed by atoms with van der Waals surface area (Å²) in [5, 5.41) is 2.71. The van der Waals surface area contributed by atoms with E-state index in [4.69, 9.17) is 18.9 Å². The van der Waals surface area contributed by atoms with Crippen LogP contribution in [0.4, 0.5) is 0 Å². The number of carbonyl (C=O) groups excluding carboxylic acids is 1. The van der Waals surface area contributed by atoms with Gasteiger partial charge in [0.25, 0.3) is 11.9 Å². The molecule has 1 aromatic carbocycles. The lowest BCUT2D eigenvalue weighted by Gasteiger charge is -2.11. The first kappa shape index (κ1) is 15.6. The maximum absolute atomic E-state index is 12.3. The van der Waals surface area contributed by atoms with Gasteiger partial charge < -0.3 is 18.9 Å². The normalized spacial score (nSPS) is 16.3. The van der Waals surface area contributed by atoms with Gasteiger partial charge in [0.2, 0.25) is 6.79 Å². The second kappa shape index (κ2) is 7.32. The Bertz CT molecular complexity index is 598. The molecule has 3 rings (SSSR count). The average molecular weight is 320 g/mol. The first-order valence-electron chi connectivity index (χ1n) is 7.75. The smallest absolute Gasteiger partial charge is 0.292 e. The summed E-state index contributed by atoms with van der Waals surface area (Å²) >= 11 is 0. The Morgan fingerprint density at radius 2 is 2.13 bits per heavy atom. The number of ether oxygens (including phenoxy) is 4. The lowest BCUT2D eigenvalue weighted by molar-refractivity contribution is 0.0921. The van der Waals surface area contributed by atoms with Gasteiger partial charge in [-0.2, -0.15) is 0 Å². The minimum Gasteiger partial charge on any atom is -0.463 e. The van der Waals surface area contributed by atoms with Gasteiger partial charge in [0.1, 0.15) is 6.61 Å². The quantitative estimate of drug-likeness (QED) is 0.490. The lowest BCUT2D eigenvalue weighted by atomic mass is 10.2. The van der Waals surface area contributed by atoms with Gasteiger partial charge in [-0.3, -0.25) is 10.1 Å². The van der Waals surface area contributed by atoms with Crippen molar-refractivity contribution < 1.29 is 23.7 Å². The first-order chi connectivity index (χ1) is 11.3. The third kappa shape index (κ3) is 4.35. The topological polar surface area (TPSA) is 78.4 Å². The van der Waals surface area contributed by atoms with Gasteiger partial charge in [0.15, 0.2) is 11.5 Å². The van der Waals surface area contributed by atoms with Crippen LogP contribution in [0.2, 0.25) is 0 Å². The molecule has 1 heterocycles. The molecule has 1 fully saturated rings. The highest BCUT2D eigenvalue weighted by molar-refractivity contribution is 6.04. The molecule has 124 valence electrons. The molecule has 1 aliphatic heterocycles. The summed E-state index contributed by atoms with van der Waals surface area (Å²) in [7, 11) is 0. The van der Waals surface area contributed by atoms with Crippen LogP contribution < -0.4 is 14.8 Å². The van der Waals surface area contributed by atoms with Crippen molar-refractivity contribution in [3.63, 3.8) is 0 Å². The molecule has 1 aliphatic carbocycles. The third-order valence-electron chi connectivity index (χ3n) is 3.37. The van der Waals surface area contributed by atoms with Crippen LogP contribution in [0.25, 0.3) is 0 Å². The number of hydrogen-bond acceptors (Lipinski definition) is 6. The number of amidine groups is 1. The van der Waals surface area contributed by atoms with Crippen molar-refractivity contribution >= 4 is 11.9 Å². The van der Waals surface area contributed by atoms with E-state index in [1.807, 2.05) is 6.92 Å². The summed E-state index contributed by atoms with van der Waals surface area (Å²) in [6.45, 7) is 3.53. The summed E-state index contributed by atoms with van der Waals surface area (Å²) in [5.74, 6) is 0.913. The van der Waals surface area contributed by atoms with E-state index in [1.165, 1.54) is 0 Å². The van der Waals surface area contributed by atoms with Crippen molar-refractivity contribution in [1.82, 2.24) is 5.32 Å². The van der Waals surface area contributed by atoms with Crippen LogP contribution in [0.5, 0.6) is 11.5 Å². The van der Waals surface area contributed by atoms with Crippen molar-refractivity contribution in [2.45, 2.75) is 25.8 Å². The van der Waals surface area contributed by atoms with Gasteiger partial charge in [-0.1, -0.05) is 0 Å². The van der Waals surface area contributed by atoms with E-state index >= 15 is 0 Å². The van der Waals surface area contributed by atoms with Crippen LogP contribution in [-0.4, -0.2) is 44.6 Å². The zero-order valence-electron chi connectivity index (χ0n) is 13.0. The molecule has 0 radical (unpaired) electrons. The maximum Gasteiger partial charge on any atom is 0.292 e. The summed E-state index contributed by atoms with van der Waals surface area (Å²) in [6.07, 6.45) is 2.05. The highest BCUT2D eigenvalue weighted by atomic mass is 16.7. The molecule has 0 atom stereocenters. The van der Waals surface area contributed by atoms with Crippen LogP contribution in [0, 0.1) is 0 Å². The Labute approximate surface area is 134 Å². The molecule has 23 heavy (non-hydrogen) atoms. The minimum absolute atomic E-state index is 0.176. The second-order valence-corrected chi connectivity index (χ2v) is 5.23. The number of aliphatic imine (C=N–C) groups is 1. The Hall–Kier alpha value is -2.28. The fourth-order valence-electron chi connectivity index (χ4n) is 2.02. The van der Waals surface area contributed by atoms with Crippen molar-refractivity contribution in [2.24, 2.45) is 4.99 Å². The SMILES string of the molecule is CCOCCOC(=NC1CC1)NC(=O)c1ccc2c(c1)OCO2. The van der Waals surface area contributed by atoms with E-state index in [1.54, 1.807) is 18.2 Å². The standard InChI is InChI=1S/C16H20N2O5/c1-2-20-7-8-21-16(17-12-4-5-12)18-15(19)11-3-6-13-14(9-11)23-10-22-13/h3,6,9,12H,2,4-5,7-8,10H2,1H3,(H,17,18,19). The fraction of sp³-hybridized carbons (Fsp3) is 0.500. The van der Waals surface area contributed by atoms with Crippen molar-refractivity contribution in [3.8, 4) is 11.5 Å². The number of nitrogens with zero attached hydrogens (tertiary/aromatic N) is 1. The molecule has 0 unspecified atom stereocenters. The Balaban J connectivity index is 1.61. The van der Waals surface area contributed by atoms with Gasteiger partial charge in [-0.25, -0.2) is 4.99 Å². The molecular weight excluding hydrogens is 300 g/mol. The van der Waals surface area contributed by atoms with Crippen LogP contribution in [0.1, 0.15) is 30.1 Å². The lowest BCUT2D eigenvalue weighted by Crippen LogP contribution is -2.33. The molecule has 1 N–H and O–H groups in total. The van der Waals surface area contributed by atoms with Gasteiger partial charge >= 0.3 is 0 Å². The van der Waals surface area contributed by atoms with E-state index < -0.39 is 0 Å². The first-order valence-corrected chi connectivity index (χ1v) is 7.75. The predicted octanol–water partition coefficient (Wildman–Crippen LogP) is 1.72. The van der Waals surface area contributed by atoms with E-state index in [-0.39, 0.29) is 24.8 Å². The van der Waals surface area contributed by atoms with Crippen molar-refractivity contribution in [3.05, 3.63) is 23.8 Å². The predicted molar refractivity (Wildman–Crippen MR) is 82.9 cm³/mol. The highest BCUT2D eigenvalue weighted by Gasteiger charge is 2.23. The summed E-state index contributed by atoms with van der Waals surface area (Å²) in [5.41, 5.74) is 0.464. The van der Waals surface area contributed by atoms with Crippen LogP contribution in [-0.2, 0) is 9.47 Å². The van der Waals surface area contributed by atoms with E-state index in [0.717, 1.165) is 12.8 Å². The van der Waals surface area contributed by atoms with Crippen molar-refractivity contribution in [1.29, 1.82) is 0 Å². The number of fused-ring (bicyclic) bond motifs is 1. The van der Waals surface area contributed by atoms with Crippen LogP contribution in [0.3, 0.4) is 0 Å². The number of rotatable bonds is 6. The number of amides is 1. The molecule has 7 heteroatoms. The molecule has 7 nitrogen and oxygen atoms in total. The average Bonchev–Trinajstić information content (AvgIpc) is 3.24. The zero-order chi connectivity index (χ0) is 16.1. The maximum atomic E-state index is 12.3. The van der Waals surface area contributed by atoms with Gasteiger partial charge in [0.05, 0.1) is 12.6 Å². The summed E-state index contributed by atoms with van der Waals surface area (Å²) < 4.78 is 21.3. The molecule has 1 aromatic rings. The number of nitrogens with one attached hydrogen (secondary N) is 1. The van der Waals surface area contributed by atoms with E-state index in [2.05, 4.69) is 10.3 Å².